The maximum Gasteiger partial charge on any atom is 0.0233 e. The Balaban J connectivity index is 2.32. The second kappa shape index (κ2) is 7.45. The Morgan fingerprint density at radius 3 is 2.38 bits per heavy atom. The van der Waals surface area contributed by atoms with Crippen molar-refractivity contribution in [3.05, 3.63) is 35.9 Å². The first-order valence-corrected chi connectivity index (χ1v) is 6.48. The van der Waals surface area contributed by atoms with Gasteiger partial charge < -0.3 is 0 Å². The third-order valence-electron chi connectivity index (χ3n) is 2.95. The van der Waals surface area contributed by atoms with Crippen molar-refractivity contribution < 1.29 is 0 Å². The smallest absolute Gasteiger partial charge is 0.0233 e. The third kappa shape index (κ3) is 5.32. The van der Waals surface area contributed by atoms with Gasteiger partial charge in [0.25, 0.3) is 0 Å². The summed E-state index contributed by atoms with van der Waals surface area (Å²) in [6.45, 7) is 10.3. The van der Waals surface area contributed by atoms with Crippen LogP contribution in [0.2, 0.25) is 0 Å². The van der Waals surface area contributed by atoms with Crippen LogP contribution in [0.4, 0.5) is 0 Å². The minimum atomic E-state index is 0.829. The van der Waals surface area contributed by atoms with Gasteiger partial charge in [-0.1, -0.05) is 51.1 Å². The molecule has 0 radical (unpaired) electrons. The second-order valence-corrected chi connectivity index (χ2v) is 4.89. The molecular formula is C15H25N. The van der Waals surface area contributed by atoms with Crippen molar-refractivity contribution >= 4 is 0 Å². The molecule has 0 saturated carbocycles. The van der Waals surface area contributed by atoms with Gasteiger partial charge >= 0.3 is 0 Å². The molecule has 0 amide bonds. The lowest BCUT2D eigenvalue weighted by atomic mass is 10.1. The molecule has 0 saturated heterocycles. The molecule has 1 rings (SSSR count). The summed E-state index contributed by atoms with van der Waals surface area (Å²) >= 11 is 0. The molecule has 1 heteroatoms. The summed E-state index contributed by atoms with van der Waals surface area (Å²) in [4.78, 5) is 2.53. The maximum absolute atomic E-state index is 2.53. The van der Waals surface area contributed by atoms with Gasteiger partial charge in [-0.3, -0.25) is 4.90 Å². The Bertz CT molecular complexity index is 266. The summed E-state index contributed by atoms with van der Waals surface area (Å²) < 4.78 is 0. The molecular weight excluding hydrogens is 194 g/mol. The fourth-order valence-corrected chi connectivity index (χ4v) is 1.91. The van der Waals surface area contributed by atoms with E-state index in [1.54, 1.807) is 0 Å². The largest absolute Gasteiger partial charge is 0.299 e. The summed E-state index contributed by atoms with van der Waals surface area (Å²) in [6, 6.07) is 10.8. The monoisotopic (exact) mass is 219 g/mol. The molecule has 0 fully saturated rings. The molecule has 0 spiro atoms. The topological polar surface area (TPSA) is 3.24 Å². The molecule has 90 valence electrons. The van der Waals surface area contributed by atoms with Crippen LogP contribution in [0.1, 0.15) is 39.2 Å². The molecule has 0 atom stereocenters. The van der Waals surface area contributed by atoms with E-state index < -0.39 is 0 Å². The van der Waals surface area contributed by atoms with Gasteiger partial charge in [-0.25, -0.2) is 0 Å². The van der Waals surface area contributed by atoms with Crippen molar-refractivity contribution in [1.82, 2.24) is 4.90 Å². The standard InChI is InChI=1S/C15H25N/c1-4-16(12-8-9-14(2)3)13-15-10-6-5-7-11-15/h5-7,10-11,14H,4,8-9,12-13H2,1-3H3. The van der Waals surface area contributed by atoms with Crippen molar-refractivity contribution in [3.8, 4) is 0 Å². The van der Waals surface area contributed by atoms with Crippen LogP contribution in [0, 0.1) is 5.92 Å². The molecule has 0 heterocycles. The molecule has 0 bridgehead atoms. The van der Waals surface area contributed by atoms with E-state index in [4.69, 9.17) is 0 Å². The van der Waals surface area contributed by atoms with E-state index in [1.165, 1.54) is 24.9 Å². The predicted octanol–water partition coefficient (Wildman–Crippen LogP) is 3.94. The average Bonchev–Trinajstić information content (AvgIpc) is 2.28. The van der Waals surface area contributed by atoms with Gasteiger partial charge in [0.05, 0.1) is 0 Å². The van der Waals surface area contributed by atoms with E-state index in [2.05, 4.69) is 56.0 Å². The van der Waals surface area contributed by atoms with Crippen LogP contribution in [-0.2, 0) is 6.54 Å². The maximum atomic E-state index is 2.53. The molecule has 0 aliphatic heterocycles. The van der Waals surface area contributed by atoms with E-state index in [9.17, 15) is 0 Å². The van der Waals surface area contributed by atoms with Gasteiger partial charge in [0, 0.05) is 6.54 Å². The second-order valence-electron chi connectivity index (χ2n) is 4.89. The first kappa shape index (κ1) is 13.2. The highest BCUT2D eigenvalue weighted by Gasteiger charge is 2.03. The van der Waals surface area contributed by atoms with E-state index in [1.807, 2.05) is 0 Å². The zero-order valence-electron chi connectivity index (χ0n) is 10.9. The summed E-state index contributed by atoms with van der Waals surface area (Å²) in [5.41, 5.74) is 1.42. The van der Waals surface area contributed by atoms with Crippen LogP contribution in [0.25, 0.3) is 0 Å². The molecule has 16 heavy (non-hydrogen) atoms. The van der Waals surface area contributed by atoms with E-state index in [0.29, 0.717) is 0 Å². The fourth-order valence-electron chi connectivity index (χ4n) is 1.91. The highest BCUT2D eigenvalue weighted by atomic mass is 15.1. The van der Waals surface area contributed by atoms with E-state index in [-0.39, 0.29) is 0 Å². The zero-order valence-corrected chi connectivity index (χ0v) is 10.9. The Labute approximate surface area is 100 Å². The molecule has 0 aliphatic rings. The number of hydrogen-bond donors (Lipinski definition) is 0. The van der Waals surface area contributed by atoms with Gasteiger partial charge in [0.1, 0.15) is 0 Å². The van der Waals surface area contributed by atoms with Crippen molar-refractivity contribution in [2.75, 3.05) is 13.1 Å². The number of hydrogen-bond acceptors (Lipinski definition) is 1. The lowest BCUT2D eigenvalue weighted by Gasteiger charge is -2.20. The van der Waals surface area contributed by atoms with Gasteiger partial charge in [0.2, 0.25) is 0 Å². The lowest BCUT2D eigenvalue weighted by molar-refractivity contribution is 0.268. The van der Waals surface area contributed by atoms with Crippen molar-refractivity contribution in [1.29, 1.82) is 0 Å². The Morgan fingerprint density at radius 1 is 1.12 bits per heavy atom. The Morgan fingerprint density at radius 2 is 1.81 bits per heavy atom. The summed E-state index contributed by atoms with van der Waals surface area (Å²) in [7, 11) is 0. The Kier molecular flexibility index (Phi) is 6.17. The van der Waals surface area contributed by atoms with Gasteiger partial charge in [-0.2, -0.15) is 0 Å². The highest BCUT2D eigenvalue weighted by molar-refractivity contribution is 5.14. The van der Waals surface area contributed by atoms with Gasteiger partial charge in [-0.05, 0) is 37.4 Å². The van der Waals surface area contributed by atoms with Crippen LogP contribution < -0.4 is 0 Å². The van der Waals surface area contributed by atoms with Crippen LogP contribution in [0.5, 0.6) is 0 Å². The van der Waals surface area contributed by atoms with Crippen LogP contribution in [0.3, 0.4) is 0 Å². The van der Waals surface area contributed by atoms with Crippen molar-refractivity contribution in [3.63, 3.8) is 0 Å². The molecule has 1 aromatic rings. The van der Waals surface area contributed by atoms with Gasteiger partial charge in [0.15, 0.2) is 0 Å². The van der Waals surface area contributed by atoms with Crippen LogP contribution in [-0.4, -0.2) is 18.0 Å². The zero-order chi connectivity index (χ0) is 11.8. The van der Waals surface area contributed by atoms with E-state index in [0.717, 1.165) is 19.0 Å². The van der Waals surface area contributed by atoms with Crippen LogP contribution in [0.15, 0.2) is 30.3 Å². The minimum Gasteiger partial charge on any atom is -0.299 e. The lowest BCUT2D eigenvalue weighted by Crippen LogP contribution is -2.24. The first-order chi connectivity index (χ1) is 7.72. The quantitative estimate of drug-likeness (QED) is 0.671. The number of benzene rings is 1. The molecule has 0 N–H and O–H groups in total. The molecule has 1 aromatic carbocycles. The minimum absolute atomic E-state index is 0.829. The predicted molar refractivity (Wildman–Crippen MR) is 71.5 cm³/mol. The highest BCUT2D eigenvalue weighted by Crippen LogP contribution is 2.08. The van der Waals surface area contributed by atoms with E-state index >= 15 is 0 Å². The number of rotatable bonds is 7. The molecule has 0 unspecified atom stereocenters. The molecule has 0 aromatic heterocycles. The SMILES string of the molecule is CCN(CCCC(C)C)Cc1ccccc1. The van der Waals surface area contributed by atoms with Crippen molar-refractivity contribution in [2.24, 2.45) is 5.92 Å². The summed E-state index contributed by atoms with van der Waals surface area (Å²) in [5, 5.41) is 0. The Hall–Kier alpha value is -0.820. The summed E-state index contributed by atoms with van der Waals surface area (Å²) in [5.74, 6) is 0.829. The fraction of sp³-hybridized carbons (Fsp3) is 0.600. The summed E-state index contributed by atoms with van der Waals surface area (Å²) in [6.07, 6.45) is 2.66. The number of nitrogens with zero attached hydrogens (tertiary/aromatic N) is 1. The van der Waals surface area contributed by atoms with Crippen molar-refractivity contribution in [2.45, 2.75) is 40.2 Å². The molecule has 0 aliphatic carbocycles. The first-order valence-electron chi connectivity index (χ1n) is 6.48. The normalized spacial score (nSPS) is 11.3. The third-order valence-corrected chi connectivity index (χ3v) is 2.95. The average molecular weight is 219 g/mol. The van der Waals surface area contributed by atoms with Crippen LogP contribution >= 0.6 is 0 Å². The molecule has 1 nitrogen and oxygen atoms in total. The van der Waals surface area contributed by atoms with Gasteiger partial charge in [-0.15, -0.1) is 0 Å².